The highest BCUT2D eigenvalue weighted by Crippen LogP contribution is 2.19. The first-order valence-electron chi connectivity index (χ1n) is 6.45. The molecule has 4 heteroatoms. The van der Waals surface area contributed by atoms with Gasteiger partial charge in [-0.25, -0.2) is 0 Å². The van der Waals surface area contributed by atoms with E-state index >= 15 is 0 Å². The second-order valence-corrected chi connectivity index (χ2v) is 5.35. The standard InChI is InChI=1S/C14H20BrN3/c1-3-9-18(10-8-15)11-13-12-6-4-5-7-14(12)17(2)16-13/h4-7H,3,8-11H2,1-2H3. The molecule has 1 aromatic carbocycles. The van der Waals surface area contributed by atoms with Crippen molar-refractivity contribution in [3.63, 3.8) is 0 Å². The van der Waals surface area contributed by atoms with Crippen molar-refractivity contribution in [3.05, 3.63) is 30.0 Å². The first-order chi connectivity index (χ1) is 8.76. The quantitative estimate of drug-likeness (QED) is 0.764. The third kappa shape index (κ3) is 2.93. The monoisotopic (exact) mass is 309 g/mol. The predicted molar refractivity (Wildman–Crippen MR) is 80.1 cm³/mol. The van der Waals surface area contributed by atoms with Crippen LogP contribution in [-0.2, 0) is 13.6 Å². The minimum absolute atomic E-state index is 0.931. The van der Waals surface area contributed by atoms with Crippen LogP contribution in [0.4, 0.5) is 0 Å². The fraction of sp³-hybridized carbons (Fsp3) is 0.500. The van der Waals surface area contributed by atoms with E-state index in [1.54, 1.807) is 0 Å². The number of alkyl halides is 1. The van der Waals surface area contributed by atoms with E-state index in [9.17, 15) is 0 Å². The predicted octanol–water partition coefficient (Wildman–Crippen LogP) is 3.18. The number of hydrogen-bond donors (Lipinski definition) is 0. The Morgan fingerprint density at radius 2 is 2.06 bits per heavy atom. The lowest BCUT2D eigenvalue weighted by Crippen LogP contribution is -2.26. The molecular weight excluding hydrogens is 290 g/mol. The van der Waals surface area contributed by atoms with Crippen molar-refractivity contribution < 1.29 is 0 Å². The highest BCUT2D eigenvalue weighted by molar-refractivity contribution is 9.09. The zero-order chi connectivity index (χ0) is 13.0. The molecule has 2 aromatic rings. The number of aryl methyl sites for hydroxylation is 1. The zero-order valence-corrected chi connectivity index (χ0v) is 12.7. The molecule has 0 unspecified atom stereocenters. The lowest BCUT2D eigenvalue weighted by molar-refractivity contribution is 0.280. The SMILES string of the molecule is CCCN(CCBr)Cc1nn(C)c2ccccc12. The smallest absolute Gasteiger partial charge is 0.0843 e. The Morgan fingerprint density at radius 3 is 2.78 bits per heavy atom. The lowest BCUT2D eigenvalue weighted by atomic mass is 10.2. The Bertz CT molecular complexity index is 501. The van der Waals surface area contributed by atoms with Gasteiger partial charge in [0.05, 0.1) is 11.2 Å². The topological polar surface area (TPSA) is 21.1 Å². The van der Waals surface area contributed by atoms with Crippen molar-refractivity contribution in [2.75, 3.05) is 18.4 Å². The van der Waals surface area contributed by atoms with Crippen LogP contribution in [0.25, 0.3) is 10.9 Å². The van der Waals surface area contributed by atoms with Gasteiger partial charge in [0.1, 0.15) is 0 Å². The summed E-state index contributed by atoms with van der Waals surface area (Å²) in [7, 11) is 2.01. The van der Waals surface area contributed by atoms with E-state index in [1.165, 1.54) is 23.0 Å². The number of para-hydroxylation sites is 1. The van der Waals surface area contributed by atoms with E-state index < -0.39 is 0 Å². The Balaban J connectivity index is 2.24. The lowest BCUT2D eigenvalue weighted by Gasteiger charge is -2.19. The van der Waals surface area contributed by atoms with Crippen LogP contribution in [0.3, 0.4) is 0 Å². The van der Waals surface area contributed by atoms with Crippen molar-refractivity contribution >= 4 is 26.8 Å². The Hall–Kier alpha value is -0.870. The molecule has 0 aliphatic rings. The molecule has 0 bridgehead atoms. The maximum Gasteiger partial charge on any atom is 0.0843 e. The summed E-state index contributed by atoms with van der Waals surface area (Å²) >= 11 is 3.52. The van der Waals surface area contributed by atoms with Gasteiger partial charge >= 0.3 is 0 Å². The normalized spacial score (nSPS) is 11.6. The molecule has 0 fully saturated rings. The van der Waals surface area contributed by atoms with Gasteiger partial charge < -0.3 is 0 Å². The van der Waals surface area contributed by atoms with Crippen LogP contribution in [-0.4, -0.2) is 33.1 Å². The van der Waals surface area contributed by atoms with Crippen LogP contribution >= 0.6 is 15.9 Å². The number of hydrogen-bond acceptors (Lipinski definition) is 2. The molecule has 3 nitrogen and oxygen atoms in total. The van der Waals surface area contributed by atoms with Gasteiger partial charge in [0.15, 0.2) is 0 Å². The Labute approximate surface area is 117 Å². The molecule has 0 amide bonds. The van der Waals surface area contributed by atoms with Crippen molar-refractivity contribution in [2.24, 2.45) is 7.05 Å². The fourth-order valence-electron chi connectivity index (χ4n) is 2.32. The highest BCUT2D eigenvalue weighted by Gasteiger charge is 2.11. The first kappa shape index (κ1) is 13.6. The van der Waals surface area contributed by atoms with Gasteiger partial charge in [0, 0.05) is 30.9 Å². The van der Waals surface area contributed by atoms with E-state index in [0.717, 1.165) is 25.0 Å². The van der Waals surface area contributed by atoms with Crippen molar-refractivity contribution in [1.29, 1.82) is 0 Å². The van der Waals surface area contributed by atoms with Crippen LogP contribution in [0.5, 0.6) is 0 Å². The summed E-state index contributed by atoms with van der Waals surface area (Å²) in [6.07, 6.45) is 1.18. The van der Waals surface area contributed by atoms with Gasteiger partial charge in [-0.3, -0.25) is 9.58 Å². The molecule has 1 heterocycles. The van der Waals surface area contributed by atoms with Gasteiger partial charge in [0.25, 0.3) is 0 Å². The number of fused-ring (bicyclic) bond motifs is 1. The van der Waals surface area contributed by atoms with Crippen LogP contribution in [0.2, 0.25) is 0 Å². The third-order valence-corrected chi connectivity index (χ3v) is 3.50. The largest absolute Gasteiger partial charge is 0.297 e. The molecule has 1 aromatic heterocycles. The van der Waals surface area contributed by atoms with Crippen molar-refractivity contribution in [1.82, 2.24) is 14.7 Å². The van der Waals surface area contributed by atoms with Gasteiger partial charge in [-0.05, 0) is 19.0 Å². The molecule has 0 saturated heterocycles. The molecular formula is C14H20BrN3. The van der Waals surface area contributed by atoms with Gasteiger partial charge in [0.2, 0.25) is 0 Å². The maximum absolute atomic E-state index is 4.65. The van der Waals surface area contributed by atoms with E-state index in [2.05, 4.69) is 57.1 Å². The van der Waals surface area contributed by atoms with Crippen LogP contribution in [0.15, 0.2) is 24.3 Å². The Kier molecular flexibility index (Phi) is 4.78. The van der Waals surface area contributed by atoms with E-state index in [4.69, 9.17) is 0 Å². The minimum atomic E-state index is 0.931. The van der Waals surface area contributed by atoms with E-state index in [-0.39, 0.29) is 0 Å². The summed E-state index contributed by atoms with van der Waals surface area (Å²) in [4.78, 5) is 2.45. The van der Waals surface area contributed by atoms with Crippen LogP contribution in [0.1, 0.15) is 19.0 Å². The average molecular weight is 310 g/mol. The molecule has 18 heavy (non-hydrogen) atoms. The van der Waals surface area contributed by atoms with Gasteiger partial charge in [-0.2, -0.15) is 5.10 Å². The second kappa shape index (κ2) is 6.34. The van der Waals surface area contributed by atoms with E-state index in [0.29, 0.717) is 0 Å². The molecule has 2 rings (SSSR count). The molecule has 0 aliphatic heterocycles. The number of nitrogens with zero attached hydrogens (tertiary/aromatic N) is 3. The molecule has 0 radical (unpaired) electrons. The van der Waals surface area contributed by atoms with Gasteiger partial charge in [-0.1, -0.05) is 41.1 Å². The van der Waals surface area contributed by atoms with Crippen LogP contribution < -0.4 is 0 Å². The minimum Gasteiger partial charge on any atom is -0.297 e. The molecule has 0 saturated carbocycles. The summed E-state index contributed by atoms with van der Waals surface area (Å²) in [5, 5.41) is 6.94. The van der Waals surface area contributed by atoms with Crippen molar-refractivity contribution in [2.45, 2.75) is 19.9 Å². The summed E-state index contributed by atoms with van der Waals surface area (Å²) in [5.74, 6) is 0. The van der Waals surface area contributed by atoms with E-state index in [1.807, 2.05) is 11.7 Å². The molecule has 0 aliphatic carbocycles. The third-order valence-electron chi connectivity index (χ3n) is 3.15. The Morgan fingerprint density at radius 1 is 1.28 bits per heavy atom. The molecule has 98 valence electrons. The fourth-order valence-corrected chi connectivity index (χ4v) is 2.82. The second-order valence-electron chi connectivity index (χ2n) is 4.55. The number of aromatic nitrogens is 2. The summed E-state index contributed by atoms with van der Waals surface area (Å²) in [6, 6.07) is 8.44. The molecule has 0 spiro atoms. The highest BCUT2D eigenvalue weighted by atomic mass is 79.9. The maximum atomic E-state index is 4.65. The number of rotatable bonds is 6. The first-order valence-corrected chi connectivity index (χ1v) is 7.57. The summed E-state index contributed by atoms with van der Waals surface area (Å²) < 4.78 is 1.98. The summed E-state index contributed by atoms with van der Waals surface area (Å²) in [5.41, 5.74) is 2.39. The molecule has 0 atom stereocenters. The number of halogens is 1. The average Bonchev–Trinajstić information content (AvgIpc) is 2.68. The van der Waals surface area contributed by atoms with Crippen LogP contribution in [0, 0.1) is 0 Å². The van der Waals surface area contributed by atoms with Crippen molar-refractivity contribution in [3.8, 4) is 0 Å². The van der Waals surface area contributed by atoms with Gasteiger partial charge in [-0.15, -0.1) is 0 Å². The summed E-state index contributed by atoms with van der Waals surface area (Å²) in [6.45, 7) is 5.34. The zero-order valence-electron chi connectivity index (χ0n) is 11.1. The molecule has 0 N–H and O–H groups in total. The number of benzene rings is 1.